The maximum absolute atomic E-state index is 11.4. The molecule has 0 heterocycles. The molecule has 5 heteroatoms. The fourth-order valence-corrected chi connectivity index (χ4v) is 1.72. The van der Waals surface area contributed by atoms with E-state index in [-0.39, 0.29) is 13.0 Å². The number of allylic oxidation sites excluding steroid dienone is 2. The Morgan fingerprint density at radius 1 is 1.25 bits per heavy atom. The molecule has 0 aliphatic carbocycles. The smallest absolute Gasteiger partial charge is 0.307 e. The van der Waals surface area contributed by atoms with Crippen LogP contribution >= 0.6 is 0 Å². The summed E-state index contributed by atoms with van der Waals surface area (Å²) >= 11 is 0. The van der Waals surface area contributed by atoms with Crippen LogP contribution in [0.2, 0.25) is 0 Å². The number of hydrogen-bond donors (Lipinski definition) is 2. The van der Waals surface area contributed by atoms with Gasteiger partial charge in [0.1, 0.15) is 6.61 Å². The first-order valence-electron chi connectivity index (χ1n) is 7.18. The highest BCUT2D eigenvalue weighted by molar-refractivity contribution is 5.78. The Hall–Kier alpha value is -1.36. The topological polar surface area (TPSA) is 83.8 Å². The SMILES string of the molecule is CC/C=C/CCCCC(CC(=O)OCC(C)O)C(=O)O. The molecule has 0 spiro atoms. The Bertz CT molecular complexity index is 309. The molecule has 0 aliphatic rings. The highest BCUT2D eigenvalue weighted by Crippen LogP contribution is 2.15. The predicted octanol–water partition coefficient (Wildman–Crippen LogP) is 2.53. The quantitative estimate of drug-likeness (QED) is 0.346. The van der Waals surface area contributed by atoms with Gasteiger partial charge in [-0.2, -0.15) is 0 Å². The number of aliphatic carboxylic acids is 1. The summed E-state index contributed by atoms with van der Waals surface area (Å²) in [6.45, 7) is 3.48. The van der Waals surface area contributed by atoms with Crippen molar-refractivity contribution in [3.63, 3.8) is 0 Å². The molecule has 0 radical (unpaired) electrons. The van der Waals surface area contributed by atoms with Crippen LogP contribution in [-0.4, -0.2) is 34.9 Å². The van der Waals surface area contributed by atoms with Gasteiger partial charge in [-0.15, -0.1) is 0 Å². The van der Waals surface area contributed by atoms with Crippen molar-refractivity contribution in [2.75, 3.05) is 6.61 Å². The van der Waals surface area contributed by atoms with Crippen LogP contribution in [-0.2, 0) is 14.3 Å². The van der Waals surface area contributed by atoms with Gasteiger partial charge in [0.25, 0.3) is 0 Å². The lowest BCUT2D eigenvalue weighted by molar-refractivity contribution is -0.153. The molecule has 0 saturated carbocycles. The molecule has 0 aromatic carbocycles. The molecule has 0 fully saturated rings. The molecule has 2 atom stereocenters. The molecule has 2 unspecified atom stereocenters. The normalized spacial score (nSPS) is 14.2. The first-order valence-corrected chi connectivity index (χ1v) is 7.18. The van der Waals surface area contributed by atoms with Gasteiger partial charge in [0.2, 0.25) is 0 Å². The van der Waals surface area contributed by atoms with Gasteiger partial charge in [-0.3, -0.25) is 9.59 Å². The fourth-order valence-electron chi connectivity index (χ4n) is 1.72. The summed E-state index contributed by atoms with van der Waals surface area (Å²) in [5, 5.41) is 18.1. The average Bonchev–Trinajstić information content (AvgIpc) is 2.38. The number of unbranched alkanes of at least 4 members (excludes halogenated alkanes) is 2. The minimum absolute atomic E-state index is 0.0903. The molecule has 0 saturated heterocycles. The largest absolute Gasteiger partial charge is 0.481 e. The maximum atomic E-state index is 11.4. The maximum Gasteiger partial charge on any atom is 0.307 e. The van der Waals surface area contributed by atoms with Crippen LogP contribution in [0.15, 0.2) is 12.2 Å². The van der Waals surface area contributed by atoms with Gasteiger partial charge in [0.05, 0.1) is 18.4 Å². The standard InChI is InChI=1S/C15H26O5/c1-3-4-5-6-7-8-9-13(15(18)19)10-14(17)20-11-12(2)16/h4-5,12-13,16H,3,6-11H2,1-2H3,(H,18,19)/b5-4+. The summed E-state index contributed by atoms with van der Waals surface area (Å²) in [5.41, 5.74) is 0. The third-order valence-corrected chi connectivity index (χ3v) is 2.82. The lowest BCUT2D eigenvalue weighted by Gasteiger charge is -2.12. The van der Waals surface area contributed by atoms with Gasteiger partial charge < -0.3 is 14.9 Å². The van der Waals surface area contributed by atoms with Crippen LogP contribution in [0, 0.1) is 5.92 Å². The van der Waals surface area contributed by atoms with E-state index in [4.69, 9.17) is 14.9 Å². The zero-order valence-electron chi connectivity index (χ0n) is 12.4. The second-order valence-corrected chi connectivity index (χ2v) is 4.94. The number of esters is 1. The molecule has 0 aromatic heterocycles. The second kappa shape index (κ2) is 11.5. The molecule has 5 nitrogen and oxygen atoms in total. The second-order valence-electron chi connectivity index (χ2n) is 4.94. The lowest BCUT2D eigenvalue weighted by atomic mass is 9.98. The zero-order valence-corrected chi connectivity index (χ0v) is 12.4. The van der Waals surface area contributed by atoms with Crippen molar-refractivity contribution in [3.05, 3.63) is 12.2 Å². The van der Waals surface area contributed by atoms with Crippen LogP contribution in [0.3, 0.4) is 0 Å². The Morgan fingerprint density at radius 3 is 2.50 bits per heavy atom. The summed E-state index contributed by atoms with van der Waals surface area (Å²) in [5.74, 6) is -2.24. The Kier molecular flexibility index (Phi) is 10.7. The molecule has 0 amide bonds. The number of carbonyl (C=O) groups is 2. The van der Waals surface area contributed by atoms with E-state index in [1.807, 2.05) is 0 Å². The third-order valence-electron chi connectivity index (χ3n) is 2.82. The summed E-state index contributed by atoms with van der Waals surface area (Å²) in [6.07, 6.45) is 7.42. The third kappa shape index (κ3) is 10.6. The van der Waals surface area contributed by atoms with Crippen LogP contribution in [0.5, 0.6) is 0 Å². The number of rotatable bonds is 11. The highest BCUT2D eigenvalue weighted by atomic mass is 16.5. The molecular weight excluding hydrogens is 260 g/mol. The first-order chi connectivity index (χ1) is 9.47. The van der Waals surface area contributed by atoms with E-state index in [2.05, 4.69) is 19.1 Å². The van der Waals surface area contributed by atoms with Gasteiger partial charge in [0, 0.05) is 0 Å². The number of carboxylic acid groups (broad SMARTS) is 1. The zero-order chi connectivity index (χ0) is 15.4. The number of aliphatic hydroxyl groups is 1. The molecule has 0 aromatic rings. The molecule has 0 bridgehead atoms. The fraction of sp³-hybridized carbons (Fsp3) is 0.733. The van der Waals surface area contributed by atoms with E-state index in [1.165, 1.54) is 6.92 Å². The molecule has 20 heavy (non-hydrogen) atoms. The van der Waals surface area contributed by atoms with Gasteiger partial charge in [0.15, 0.2) is 0 Å². The molecule has 0 aliphatic heterocycles. The van der Waals surface area contributed by atoms with Crippen molar-refractivity contribution in [2.24, 2.45) is 5.92 Å². The van der Waals surface area contributed by atoms with E-state index < -0.39 is 24.0 Å². The van der Waals surface area contributed by atoms with Crippen molar-refractivity contribution >= 4 is 11.9 Å². The van der Waals surface area contributed by atoms with Crippen LogP contribution in [0.25, 0.3) is 0 Å². The molecule has 116 valence electrons. The van der Waals surface area contributed by atoms with Crippen molar-refractivity contribution in [2.45, 2.75) is 58.5 Å². The summed E-state index contributed by atoms with van der Waals surface area (Å²) in [6, 6.07) is 0. The average molecular weight is 286 g/mol. The molecule has 2 N–H and O–H groups in total. The van der Waals surface area contributed by atoms with E-state index in [0.29, 0.717) is 6.42 Å². The van der Waals surface area contributed by atoms with Crippen molar-refractivity contribution in [1.82, 2.24) is 0 Å². The summed E-state index contributed by atoms with van der Waals surface area (Å²) < 4.78 is 4.78. The number of aliphatic hydroxyl groups excluding tert-OH is 1. The van der Waals surface area contributed by atoms with Gasteiger partial charge >= 0.3 is 11.9 Å². The van der Waals surface area contributed by atoms with Gasteiger partial charge in [-0.1, -0.05) is 25.5 Å². The number of ether oxygens (including phenoxy) is 1. The highest BCUT2D eigenvalue weighted by Gasteiger charge is 2.21. The van der Waals surface area contributed by atoms with Crippen LogP contribution < -0.4 is 0 Å². The van der Waals surface area contributed by atoms with E-state index >= 15 is 0 Å². The summed E-state index contributed by atoms with van der Waals surface area (Å²) in [7, 11) is 0. The Labute approximate surface area is 120 Å². The van der Waals surface area contributed by atoms with Gasteiger partial charge in [-0.25, -0.2) is 0 Å². The van der Waals surface area contributed by atoms with E-state index in [9.17, 15) is 9.59 Å². The molecular formula is C15H26O5. The monoisotopic (exact) mass is 286 g/mol. The Morgan fingerprint density at radius 2 is 1.95 bits per heavy atom. The lowest BCUT2D eigenvalue weighted by Crippen LogP contribution is -2.22. The minimum Gasteiger partial charge on any atom is -0.481 e. The minimum atomic E-state index is -0.969. The van der Waals surface area contributed by atoms with Crippen molar-refractivity contribution in [1.29, 1.82) is 0 Å². The number of carboxylic acids is 1. The van der Waals surface area contributed by atoms with E-state index in [0.717, 1.165) is 25.7 Å². The van der Waals surface area contributed by atoms with Crippen LogP contribution in [0.1, 0.15) is 52.4 Å². The predicted molar refractivity (Wildman–Crippen MR) is 76.3 cm³/mol. The van der Waals surface area contributed by atoms with Crippen molar-refractivity contribution < 1.29 is 24.5 Å². The first kappa shape index (κ1) is 18.6. The summed E-state index contributed by atoms with van der Waals surface area (Å²) in [4.78, 5) is 22.5. The molecule has 0 rings (SSSR count). The van der Waals surface area contributed by atoms with E-state index in [1.54, 1.807) is 0 Å². The Balaban J connectivity index is 3.95. The van der Waals surface area contributed by atoms with Crippen LogP contribution in [0.4, 0.5) is 0 Å². The van der Waals surface area contributed by atoms with Gasteiger partial charge in [-0.05, 0) is 32.6 Å². The number of carbonyl (C=O) groups excluding carboxylic acids is 1. The van der Waals surface area contributed by atoms with Crippen molar-refractivity contribution in [3.8, 4) is 0 Å². The number of hydrogen-bond acceptors (Lipinski definition) is 4.